The molecule has 6 rings (SSSR count). The van der Waals surface area contributed by atoms with Crippen molar-refractivity contribution in [1.29, 1.82) is 0 Å². The van der Waals surface area contributed by atoms with Crippen LogP contribution in [-0.4, -0.2) is 15.0 Å². The minimum absolute atomic E-state index is 0.665. The first-order chi connectivity index (χ1) is 18.9. The van der Waals surface area contributed by atoms with Crippen LogP contribution in [0.3, 0.4) is 0 Å². The molecule has 3 nitrogen and oxygen atoms in total. The fraction of sp³-hybridized carbons (Fsp3) is 0. The van der Waals surface area contributed by atoms with Crippen LogP contribution in [0.5, 0.6) is 0 Å². The average molecular weight is 488 g/mol. The van der Waals surface area contributed by atoms with Crippen molar-refractivity contribution in [3.05, 3.63) is 174 Å². The minimum atomic E-state index is 0.665. The molecule has 0 N–H and O–H groups in total. The first kappa shape index (κ1) is 23.3. The molecule has 0 amide bonds. The van der Waals surface area contributed by atoms with Crippen LogP contribution in [0.15, 0.2) is 152 Å². The lowest BCUT2D eigenvalue weighted by atomic mass is 9.85. The van der Waals surface area contributed by atoms with Crippen molar-refractivity contribution in [3.63, 3.8) is 0 Å². The zero-order valence-electron chi connectivity index (χ0n) is 20.8. The van der Waals surface area contributed by atoms with Gasteiger partial charge in [0, 0.05) is 5.56 Å². The van der Waals surface area contributed by atoms with Crippen LogP contribution in [0.25, 0.3) is 33.7 Å². The average Bonchev–Trinajstić information content (AvgIpc) is 3.02. The first-order valence-electron chi connectivity index (χ1n) is 12.6. The zero-order chi connectivity index (χ0) is 25.6. The van der Waals surface area contributed by atoms with Gasteiger partial charge in [-0.25, -0.2) is 15.0 Å². The molecule has 0 aliphatic carbocycles. The second-order valence-corrected chi connectivity index (χ2v) is 8.97. The first-order valence-corrected chi connectivity index (χ1v) is 12.6. The Labute approximate surface area is 222 Å². The lowest BCUT2D eigenvalue weighted by molar-refractivity contribution is 1.06. The molecule has 0 aliphatic heterocycles. The van der Waals surface area contributed by atoms with Crippen LogP contribution in [-0.2, 0) is 0 Å². The van der Waals surface area contributed by atoms with E-state index in [2.05, 4.69) is 148 Å². The van der Waals surface area contributed by atoms with Gasteiger partial charge >= 0.3 is 0 Å². The largest absolute Gasteiger partial charge is 0.225 e. The van der Waals surface area contributed by atoms with Gasteiger partial charge in [0.05, 0.1) is 0 Å². The third kappa shape index (κ3) is 4.91. The summed E-state index contributed by atoms with van der Waals surface area (Å²) >= 11 is 0. The van der Waals surface area contributed by atoms with E-state index < -0.39 is 0 Å². The van der Waals surface area contributed by atoms with E-state index in [1.807, 2.05) is 6.07 Å². The Morgan fingerprint density at radius 3 is 1.34 bits per heavy atom. The summed E-state index contributed by atoms with van der Waals surface area (Å²) in [4.78, 5) is 12.6. The molecular weight excluding hydrogens is 462 g/mol. The molecule has 0 atom stereocenters. The fourth-order valence-corrected chi connectivity index (χ4v) is 4.81. The third-order valence-electron chi connectivity index (χ3n) is 6.54. The number of hydrogen-bond acceptors (Lipinski definition) is 3. The number of aromatic nitrogens is 3. The Morgan fingerprint density at radius 2 is 0.789 bits per heavy atom. The van der Waals surface area contributed by atoms with Crippen molar-refractivity contribution >= 4 is 11.1 Å². The molecule has 0 fully saturated rings. The molecule has 0 saturated carbocycles. The predicted octanol–water partition coefficient (Wildman–Crippen LogP) is 8.21. The smallest absolute Gasteiger partial charge is 0.162 e. The summed E-state index contributed by atoms with van der Waals surface area (Å²) in [5.74, 6) is 0.665. The Balaban J connectivity index is 1.57. The van der Waals surface area contributed by atoms with Crippen molar-refractivity contribution in [2.75, 3.05) is 0 Å². The van der Waals surface area contributed by atoms with Crippen molar-refractivity contribution in [2.45, 2.75) is 0 Å². The molecule has 0 bridgehead atoms. The monoisotopic (exact) mass is 487 g/mol. The molecule has 38 heavy (non-hydrogen) atoms. The summed E-state index contributed by atoms with van der Waals surface area (Å²) in [6, 6.07) is 49.0. The minimum Gasteiger partial charge on any atom is -0.225 e. The second kappa shape index (κ2) is 10.9. The predicted molar refractivity (Wildman–Crippen MR) is 155 cm³/mol. The normalized spacial score (nSPS) is 10.6. The van der Waals surface area contributed by atoms with E-state index in [-0.39, 0.29) is 0 Å². The van der Waals surface area contributed by atoms with E-state index in [0.717, 1.165) is 22.3 Å². The standard InChI is InChI=1S/C35H25N3/c1-4-12-26(13-5-1)33(27-14-6-2-7-15-27)34(28-16-8-3-9-17-28)31-20-10-18-29(22-31)30-19-11-21-32(23-30)35-37-24-36-25-38-35/h1-25H. The highest BCUT2D eigenvalue weighted by Gasteiger charge is 2.16. The van der Waals surface area contributed by atoms with Gasteiger partial charge in [-0.2, -0.15) is 0 Å². The van der Waals surface area contributed by atoms with Crippen LogP contribution in [0.1, 0.15) is 22.3 Å². The molecule has 180 valence electrons. The molecule has 5 aromatic carbocycles. The second-order valence-electron chi connectivity index (χ2n) is 8.97. The van der Waals surface area contributed by atoms with Crippen LogP contribution in [0, 0.1) is 0 Å². The van der Waals surface area contributed by atoms with Crippen LogP contribution in [0.2, 0.25) is 0 Å². The molecule has 0 unspecified atom stereocenters. The lowest BCUT2D eigenvalue weighted by Crippen LogP contribution is -1.97. The zero-order valence-corrected chi connectivity index (χ0v) is 20.8. The Morgan fingerprint density at radius 1 is 0.368 bits per heavy atom. The van der Waals surface area contributed by atoms with Crippen molar-refractivity contribution in [1.82, 2.24) is 15.0 Å². The highest BCUT2D eigenvalue weighted by molar-refractivity contribution is 6.04. The highest BCUT2D eigenvalue weighted by atomic mass is 15.0. The molecule has 1 heterocycles. The number of benzene rings is 5. The summed E-state index contributed by atoms with van der Waals surface area (Å²) in [5.41, 5.74) is 10.3. The van der Waals surface area contributed by atoms with E-state index in [9.17, 15) is 0 Å². The van der Waals surface area contributed by atoms with Crippen molar-refractivity contribution in [3.8, 4) is 22.5 Å². The Kier molecular flexibility index (Phi) is 6.64. The maximum Gasteiger partial charge on any atom is 0.162 e. The Hall–Kier alpha value is -5.15. The summed E-state index contributed by atoms with van der Waals surface area (Å²) < 4.78 is 0. The third-order valence-corrected chi connectivity index (χ3v) is 6.54. The van der Waals surface area contributed by atoms with Gasteiger partial charge < -0.3 is 0 Å². The molecule has 1 aromatic heterocycles. The fourth-order valence-electron chi connectivity index (χ4n) is 4.81. The summed E-state index contributed by atoms with van der Waals surface area (Å²) in [5, 5.41) is 0. The van der Waals surface area contributed by atoms with Gasteiger partial charge in [0.15, 0.2) is 5.82 Å². The summed E-state index contributed by atoms with van der Waals surface area (Å²) in [6.45, 7) is 0. The SMILES string of the molecule is c1ccc(C(=C(c2ccccc2)c2cccc(-c3cccc(-c4ncncn4)c3)c2)c2ccccc2)cc1. The van der Waals surface area contributed by atoms with E-state index in [4.69, 9.17) is 0 Å². The number of hydrogen-bond donors (Lipinski definition) is 0. The van der Waals surface area contributed by atoms with Gasteiger partial charge in [-0.15, -0.1) is 0 Å². The Bertz CT molecular complexity index is 1640. The number of rotatable bonds is 6. The van der Waals surface area contributed by atoms with Gasteiger partial charge in [-0.3, -0.25) is 0 Å². The summed E-state index contributed by atoms with van der Waals surface area (Å²) in [7, 11) is 0. The molecule has 0 saturated heterocycles. The van der Waals surface area contributed by atoms with Crippen LogP contribution >= 0.6 is 0 Å². The summed E-state index contributed by atoms with van der Waals surface area (Å²) in [6.07, 6.45) is 3.06. The maximum atomic E-state index is 4.33. The van der Waals surface area contributed by atoms with Crippen molar-refractivity contribution in [2.24, 2.45) is 0 Å². The lowest BCUT2D eigenvalue weighted by Gasteiger charge is -2.19. The van der Waals surface area contributed by atoms with Gasteiger partial charge in [0.2, 0.25) is 0 Å². The molecule has 3 heteroatoms. The molecular formula is C35H25N3. The van der Waals surface area contributed by atoms with E-state index >= 15 is 0 Å². The van der Waals surface area contributed by atoms with E-state index in [1.165, 1.54) is 40.5 Å². The van der Waals surface area contributed by atoms with Gasteiger partial charge in [0.1, 0.15) is 12.7 Å². The molecule has 6 aromatic rings. The topological polar surface area (TPSA) is 38.7 Å². The van der Waals surface area contributed by atoms with Gasteiger partial charge in [-0.1, -0.05) is 127 Å². The van der Waals surface area contributed by atoms with E-state index in [1.54, 1.807) is 0 Å². The van der Waals surface area contributed by atoms with E-state index in [0.29, 0.717) is 5.82 Å². The van der Waals surface area contributed by atoms with Gasteiger partial charge in [-0.05, 0) is 56.7 Å². The molecule has 0 radical (unpaired) electrons. The van der Waals surface area contributed by atoms with Gasteiger partial charge in [0.25, 0.3) is 0 Å². The maximum absolute atomic E-state index is 4.33. The van der Waals surface area contributed by atoms with Crippen molar-refractivity contribution < 1.29 is 0 Å². The highest BCUT2D eigenvalue weighted by Crippen LogP contribution is 2.38. The molecule has 0 spiro atoms. The van der Waals surface area contributed by atoms with Crippen LogP contribution in [0.4, 0.5) is 0 Å². The van der Waals surface area contributed by atoms with Crippen LogP contribution < -0.4 is 0 Å². The number of nitrogens with zero attached hydrogens (tertiary/aromatic N) is 3. The molecule has 0 aliphatic rings. The quantitative estimate of drug-likeness (QED) is 0.222.